The highest BCUT2D eigenvalue weighted by Gasteiger charge is 2.44. The molecule has 21 heavy (non-hydrogen) atoms. The summed E-state index contributed by atoms with van der Waals surface area (Å²) in [5, 5.41) is 0. The van der Waals surface area contributed by atoms with Gasteiger partial charge in [-0.25, -0.2) is 4.79 Å². The molecule has 1 aliphatic rings. The van der Waals surface area contributed by atoms with Gasteiger partial charge in [-0.15, -0.1) is 0 Å². The van der Waals surface area contributed by atoms with Crippen LogP contribution in [0.3, 0.4) is 0 Å². The van der Waals surface area contributed by atoms with Crippen LogP contribution in [-0.2, 0) is 19.0 Å². The number of hydrogen-bond acceptors (Lipinski definition) is 5. The van der Waals surface area contributed by atoms with Crippen LogP contribution < -0.4 is 0 Å². The molecule has 0 spiro atoms. The number of rotatable bonds is 3. The van der Waals surface area contributed by atoms with Gasteiger partial charge in [0.05, 0.1) is 26.2 Å². The lowest BCUT2D eigenvalue weighted by Crippen LogP contribution is -2.49. The maximum absolute atomic E-state index is 12.3. The average molecular weight is 299 g/mol. The third-order valence-electron chi connectivity index (χ3n) is 2.98. The van der Waals surface area contributed by atoms with E-state index >= 15 is 0 Å². The Labute approximate surface area is 126 Å². The lowest BCUT2D eigenvalue weighted by molar-refractivity contribution is -0.139. The minimum atomic E-state index is -0.747. The fourth-order valence-corrected chi connectivity index (χ4v) is 2.05. The van der Waals surface area contributed by atoms with E-state index in [1.54, 1.807) is 17.1 Å². The standard InChI is InChI=1S/C15H25NO5/c1-14(2,3)21-13(18)16-11(10-20-15(16,4)5)8-7-9-12(17)19-6/h7-8,11H,9-10H2,1-6H3/b8-7+/t11-/m1/s1. The van der Waals surface area contributed by atoms with E-state index < -0.39 is 17.4 Å². The fraction of sp³-hybridized carbons (Fsp3) is 0.733. The SMILES string of the molecule is COC(=O)C/C=C/[C@@H]1COC(C)(C)N1C(=O)OC(C)(C)C. The zero-order chi connectivity index (χ0) is 16.3. The van der Waals surface area contributed by atoms with Crippen LogP contribution in [0.15, 0.2) is 12.2 Å². The molecular formula is C15H25NO5. The lowest BCUT2D eigenvalue weighted by atomic mass is 10.2. The summed E-state index contributed by atoms with van der Waals surface area (Å²) >= 11 is 0. The number of carbonyl (C=O) groups is 2. The second-order valence-electron chi connectivity index (χ2n) is 6.38. The minimum Gasteiger partial charge on any atom is -0.469 e. The van der Waals surface area contributed by atoms with E-state index in [0.29, 0.717) is 6.61 Å². The van der Waals surface area contributed by atoms with Gasteiger partial charge in [0.2, 0.25) is 0 Å². The Bertz CT molecular complexity index is 422. The summed E-state index contributed by atoms with van der Waals surface area (Å²) in [6.07, 6.45) is 3.18. The maximum Gasteiger partial charge on any atom is 0.413 e. The Morgan fingerprint density at radius 1 is 1.38 bits per heavy atom. The third-order valence-corrected chi connectivity index (χ3v) is 2.98. The number of ether oxygens (including phenoxy) is 3. The van der Waals surface area contributed by atoms with E-state index in [4.69, 9.17) is 9.47 Å². The molecule has 0 unspecified atom stereocenters. The van der Waals surface area contributed by atoms with E-state index in [1.807, 2.05) is 34.6 Å². The van der Waals surface area contributed by atoms with Gasteiger partial charge in [0.15, 0.2) is 0 Å². The molecule has 0 radical (unpaired) electrons. The van der Waals surface area contributed by atoms with Gasteiger partial charge in [-0.2, -0.15) is 0 Å². The van der Waals surface area contributed by atoms with E-state index in [-0.39, 0.29) is 18.4 Å². The summed E-state index contributed by atoms with van der Waals surface area (Å²) in [6, 6.07) is -0.264. The maximum atomic E-state index is 12.3. The average Bonchev–Trinajstić information content (AvgIpc) is 2.62. The number of esters is 1. The van der Waals surface area contributed by atoms with Crippen molar-refractivity contribution >= 4 is 12.1 Å². The Hall–Kier alpha value is -1.56. The first-order chi connectivity index (χ1) is 9.57. The lowest BCUT2D eigenvalue weighted by Gasteiger charge is -2.34. The van der Waals surface area contributed by atoms with Gasteiger partial charge in [0, 0.05) is 0 Å². The molecule has 120 valence electrons. The minimum absolute atomic E-state index is 0.162. The predicted octanol–water partition coefficient (Wildman–Crippen LogP) is 2.48. The Morgan fingerprint density at radius 3 is 2.52 bits per heavy atom. The third kappa shape index (κ3) is 5.04. The number of carbonyl (C=O) groups excluding carboxylic acids is 2. The Morgan fingerprint density at radius 2 is 2.00 bits per heavy atom. The molecule has 0 aliphatic carbocycles. The largest absolute Gasteiger partial charge is 0.469 e. The van der Waals surface area contributed by atoms with Gasteiger partial charge in [-0.05, 0) is 34.6 Å². The summed E-state index contributed by atoms with van der Waals surface area (Å²) in [4.78, 5) is 25.0. The van der Waals surface area contributed by atoms with Crippen LogP contribution in [0, 0.1) is 0 Å². The Kier molecular flexibility index (Phi) is 5.39. The highest BCUT2D eigenvalue weighted by atomic mass is 16.6. The van der Waals surface area contributed by atoms with Crippen molar-refractivity contribution in [2.24, 2.45) is 0 Å². The Balaban J connectivity index is 2.79. The monoisotopic (exact) mass is 299 g/mol. The van der Waals surface area contributed by atoms with Crippen molar-refractivity contribution in [3.05, 3.63) is 12.2 Å². The molecule has 6 nitrogen and oxygen atoms in total. The molecule has 1 saturated heterocycles. The highest BCUT2D eigenvalue weighted by Crippen LogP contribution is 2.30. The fourth-order valence-electron chi connectivity index (χ4n) is 2.05. The van der Waals surface area contributed by atoms with Gasteiger partial charge >= 0.3 is 12.1 Å². The van der Waals surface area contributed by atoms with E-state index in [2.05, 4.69) is 4.74 Å². The van der Waals surface area contributed by atoms with Crippen molar-refractivity contribution in [2.45, 2.75) is 58.4 Å². The van der Waals surface area contributed by atoms with Crippen LogP contribution in [0.25, 0.3) is 0 Å². The molecule has 0 N–H and O–H groups in total. The normalized spacial score (nSPS) is 21.6. The van der Waals surface area contributed by atoms with Crippen LogP contribution in [0.2, 0.25) is 0 Å². The summed E-state index contributed by atoms with van der Waals surface area (Å²) in [6.45, 7) is 9.44. The van der Waals surface area contributed by atoms with Gasteiger partial charge in [-0.1, -0.05) is 12.2 Å². The number of methoxy groups -OCH3 is 1. The van der Waals surface area contributed by atoms with Crippen LogP contribution in [-0.4, -0.2) is 48.0 Å². The number of amides is 1. The van der Waals surface area contributed by atoms with Crippen molar-refractivity contribution in [1.82, 2.24) is 4.90 Å². The molecule has 1 atom stereocenters. The summed E-state index contributed by atoms with van der Waals surface area (Å²) < 4.78 is 15.6. The van der Waals surface area contributed by atoms with E-state index in [9.17, 15) is 9.59 Å². The zero-order valence-corrected chi connectivity index (χ0v) is 13.6. The molecule has 0 saturated carbocycles. The molecule has 1 rings (SSSR count). The first-order valence-corrected chi connectivity index (χ1v) is 6.96. The predicted molar refractivity (Wildman–Crippen MR) is 77.7 cm³/mol. The van der Waals surface area contributed by atoms with Gasteiger partial charge in [0.25, 0.3) is 0 Å². The first kappa shape index (κ1) is 17.5. The van der Waals surface area contributed by atoms with Crippen LogP contribution in [0.4, 0.5) is 4.79 Å². The number of nitrogens with zero attached hydrogens (tertiary/aromatic N) is 1. The van der Waals surface area contributed by atoms with Gasteiger partial charge in [0.1, 0.15) is 11.3 Å². The van der Waals surface area contributed by atoms with Crippen molar-refractivity contribution < 1.29 is 23.8 Å². The second-order valence-corrected chi connectivity index (χ2v) is 6.38. The molecule has 1 fully saturated rings. The van der Waals surface area contributed by atoms with Crippen LogP contribution in [0.5, 0.6) is 0 Å². The van der Waals surface area contributed by atoms with Crippen molar-refractivity contribution in [1.29, 1.82) is 0 Å². The second kappa shape index (κ2) is 6.47. The first-order valence-electron chi connectivity index (χ1n) is 6.96. The quantitative estimate of drug-likeness (QED) is 0.591. The summed E-state index contributed by atoms with van der Waals surface area (Å²) in [7, 11) is 1.34. The molecule has 6 heteroatoms. The molecule has 1 aliphatic heterocycles. The molecule has 1 heterocycles. The molecular weight excluding hydrogens is 274 g/mol. The summed E-state index contributed by atoms with van der Waals surface area (Å²) in [5.41, 5.74) is -1.32. The number of hydrogen-bond donors (Lipinski definition) is 0. The smallest absolute Gasteiger partial charge is 0.413 e. The van der Waals surface area contributed by atoms with Crippen molar-refractivity contribution in [2.75, 3.05) is 13.7 Å². The van der Waals surface area contributed by atoms with Crippen molar-refractivity contribution in [3.63, 3.8) is 0 Å². The topological polar surface area (TPSA) is 65.1 Å². The van der Waals surface area contributed by atoms with Gasteiger partial charge in [-0.3, -0.25) is 9.69 Å². The molecule has 1 amide bonds. The summed E-state index contributed by atoms with van der Waals surface area (Å²) in [5.74, 6) is -0.326. The molecule has 0 aromatic rings. The molecule has 0 bridgehead atoms. The molecule has 0 aromatic heterocycles. The van der Waals surface area contributed by atoms with Crippen LogP contribution in [0.1, 0.15) is 41.0 Å². The van der Waals surface area contributed by atoms with Crippen LogP contribution >= 0.6 is 0 Å². The van der Waals surface area contributed by atoms with E-state index in [1.165, 1.54) is 7.11 Å². The van der Waals surface area contributed by atoms with Gasteiger partial charge < -0.3 is 14.2 Å². The molecule has 0 aromatic carbocycles. The van der Waals surface area contributed by atoms with E-state index in [0.717, 1.165) is 0 Å². The zero-order valence-electron chi connectivity index (χ0n) is 13.6. The van der Waals surface area contributed by atoms with Crippen molar-refractivity contribution in [3.8, 4) is 0 Å². The highest BCUT2D eigenvalue weighted by molar-refractivity contribution is 5.71.